The Labute approximate surface area is 215 Å². The number of alkyl halides is 2. The number of pyridine rings is 1. The van der Waals surface area contributed by atoms with Crippen LogP contribution in [0.5, 0.6) is 0 Å². The summed E-state index contributed by atoms with van der Waals surface area (Å²) in [4.78, 5) is 14.0. The maximum Gasteiger partial charge on any atom is 0.280 e. The number of hydrogen-bond donors (Lipinski definition) is 1. The molecule has 0 atom stereocenters. The molecule has 37 heavy (non-hydrogen) atoms. The van der Waals surface area contributed by atoms with Crippen LogP contribution in [0, 0.1) is 35.4 Å². The summed E-state index contributed by atoms with van der Waals surface area (Å²) in [5, 5.41) is 13.7. The smallest absolute Gasteiger partial charge is 0.280 e. The maximum atomic E-state index is 15.3. The number of halogens is 3. The maximum absolute atomic E-state index is 15.3. The number of rotatable bonds is 7. The van der Waals surface area contributed by atoms with Crippen LogP contribution >= 0.6 is 0 Å². The quantitative estimate of drug-likeness (QED) is 0.369. The number of benzene rings is 1. The molecule has 2 aliphatic rings. The summed E-state index contributed by atoms with van der Waals surface area (Å²) in [6.07, 6.45) is 6.00. The molecule has 2 aliphatic carbocycles. The Morgan fingerprint density at radius 3 is 2.46 bits per heavy atom. The van der Waals surface area contributed by atoms with E-state index in [2.05, 4.69) is 21.4 Å². The van der Waals surface area contributed by atoms with Crippen LogP contribution in [0.1, 0.15) is 81.1 Å². The molecule has 0 unspecified atom stereocenters. The van der Waals surface area contributed by atoms with Gasteiger partial charge in [0.15, 0.2) is 5.65 Å². The van der Waals surface area contributed by atoms with Crippen molar-refractivity contribution in [2.75, 3.05) is 5.32 Å². The van der Waals surface area contributed by atoms with Crippen molar-refractivity contribution in [3.05, 3.63) is 58.3 Å². The van der Waals surface area contributed by atoms with Crippen molar-refractivity contribution in [3.63, 3.8) is 0 Å². The first-order valence-corrected chi connectivity index (χ1v) is 12.9. The molecule has 8 heteroatoms. The van der Waals surface area contributed by atoms with Crippen molar-refractivity contribution in [2.45, 2.75) is 84.1 Å². The zero-order chi connectivity index (χ0) is 26.6. The molecule has 2 heterocycles. The van der Waals surface area contributed by atoms with Gasteiger partial charge in [-0.25, -0.2) is 28.1 Å². The van der Waals surface area contributed by atoms with Crippen molar-refractivity contribution in [1.29, 1.82) is 5.26 Å². The third-order valence-electron chi connectivity index (χ3n) is 7.87. The van der Waals surface area contributed by atoms with E-state index in [0.29, 0.717) is 28.6 Å². The zero-order valence-corrected chi connectivity index (χ0v) is 21.8. The van der Waals surface area contributed by atoms with E-state index >= 15 is 4.39 Å². The summed E-state index contributed by atoms with van der Waals surface area (Å²) in [7, 11) is 0. The van der Waals surface area contributed by atoms with E-state index in [1.54, 1.807) is 6.92 Å². The Bertz CT molecular complexity index is 1400. The second-order valence-electron chi connectivity index (χ2n) is 11.6. The highest BCUT2D eigenvalue weighted by Crippen LogP contribution is 2.50. The predicted octanol–water partition coefficient (Wildman–Crippen LogP) is 7.12. The zero-order valence-electron chi connectivity index (χ0n) is 21.8. The fourth-order valence-electron chi connectivity index (χ4n) is 4.98. The van der Waals surface area contributed by atoms with Gasteiger partial charge in [-0.2, -0.15) is 5.26 Å². The van der Waals surface area contributed by atoms with E-state index in [1.807, 2.05) is 6.07 Å². The Kier molecular flexibility index (Phi) is 6.17. The largest absolute Gasteiger partial charge is 0.365 e. The molecule has 0 bridgehead atoms. The van der Waals surface area contributed by atoms with Gasteiger partial charge >= 0.3 is 0 Å². The van der Waals surface area contributed by atoms with Crippen LogP contribution in [0.3, 0.4) is 0 Å². The summed E-state index contributed by atoms with van der Waals surface area (Å²) in [5.74, 6) is -2.72. The average molecular weight is 508 g/mol. The van der Waals surface area contributed by atoms with Gasteiger partial charge in [-0.3, -0.25) is 0 Å². The van der Waals surface area contributed by atoms with Crippen molar-refractivity contribution in [3.8, 4) is 6.07 Å². The van der Waals surface area contributed by atoms with Crippen molar-refractivity contribution >= 4 is 16.9 Å². The fourth-order valence-corrected chi connectivity index (χ4v) is 4.98. The normalized spacial score (nSPS) is 17.4. The average Bonchev–Trinajstić information content (AvgIpc) is 3.60. The molecule has 3 aromatic rings. The minimum absolute atomic E-state index is 0.0337. The number of anilines is 1. The van der Waals surface area contributed by atoms with E-state index in [9.17, 15) is 14.0 Å². The van der Waals surface area contributed by atoms with Gasteiger partial charge in [0.05, 0.1) is 22.4 Å². The molecule has 2 fully saturated rings. The summed E-state index contributed by atoms with van der Waals surface area (Å²) in [5.41, 5.74) is -0.0599. The van der Waals surface area contributed by atoms with Crippen LogP contribution in [0.4, 0.5) is 19.0 Å². The van der Waals surface area contributed by atoms with Gasteiger partial charge in [0, 0.05) is 23.2 Å². The number of nitriles is 1. The van der Waals surface area contributed by atoms with Crippen LogP contribution in [-0.2, 0) is 24.3 Å². The minimum Gasteiger partial charge on any atom is -0.365 e. The van der Waals surface area contributed by atoms with Crippen molar-refractivity contribution in [2.24, 2.45) is 11.3 Å². The SMILES string of the molecule is Cc1nc(NCc2cccc(C(F)(F)C(C)(C)C)c2F)c2cc(C3(C#N)CC3)c(CC3CCC3)nc2n1. The Balaban J connectivity index is 1.51. The minimum atomic E-state index is -3.34. The first kappa shape index (κ1) is 25.4. The van der Waals surface area contributed by atoms with E-state index in [4.69, 9.17) is 4.98 Å². The topological polar surface area (TPSA) is 74.5 Å². The second kappa shape index (κ2) is 8.97. The van der Waals surface area contributed by atoms with Crippen LogP contribution in [0.2, 0.25) is 0 Å². The van der Waals surface area contributed by atoms with Gasteiger partial charge < -0.3 is 5.32 Å². The number of hydrogen-bond acceptors (Lipinski definition) is 5. The first-order chi connectivity index (χ1) is 17.4. The van der Waals surface area contributed by atoms with Crippen molar-refractivity contribution in [1.82, 2.24) is 15.0 Å². The monoisotopic (exact) mass is 507 g/mol. The number of fused-ring (bicyclic) bond motifs is 1. The molecule has 0 amide bonds. The van der Waals surface area contributed by atoms with Gasteiger partial charge in [0.2, 0.25) is 0 Å². The van der Waals surface area contributed by atoms with Crippen LogP contribution in [0.25, 0.3) is 11.0 Å². The highest BCUT2D eigenvalue weighted by molar-refractivity contribution is 5.87. The second-order valence-corrected chi connectivity index (χ2v) is 11.6. The highest BCUT2D eigenvalue weighted by Gasteiger charge is 2.48. The van der Waals surface area contributed by atoms with Crippen LogP contribution in [-0.4, -0.2) is 15.0 Å². The molecule has 2 aromatic heterocycles. The van der Waals surface area contributed by atoms with Gasteiger partial charge in [-0.05, 0) is 43.7 Å². The molecular weight excluding hydrogens is 475 g/mol. The molecule has 0 aliphatic heterocycles. The highest BCUT2D eigenvalue weighted by atomic mass is 19.3. The molecule has 0 radical (unpaired) electrons. The van der Waals surface area contributed by atoms with Crippen molar-refractivity contribution < 1.29 is 13.2 Å². The lowest BCUT2D eigenvalue weighted by molar-refractivity contribution is -0.107. The molecule has 1 aromatic carbocycles. The predicted molar refractivity (Wildman–Crippen MR) is 137 cm³/mol. The third kappa shape index (κ3) is 4.54. The molecular formula is C29H32F3N5. The van der Waals surface area contributed by atoms with Gasteiger partial charge in [-0.1, -0.05) is 58.2 Å². The summed E-state index contributed by atoms with van der Waals surface area (Å²) in [6.45, 7) is 5.91. The summed E-state index contributed by atoms with van der Waals surface area (Å²) >= 11 is 0. The van der Waals surface area contributed by atoms with E-state index in [1.165, 1.54) is 52.2 Å². The molecule has 5 rings (SSSR count). The molecule has 2 saturated carbocycles. The van der Waals surface area contributed by atoms with E-state index in [0.717, 1.165) is 36.6 Å². The Morgan fingerprint density at radius 1 is 1.14 bits per heavy atom. The Hall–Kier alpha value is -3.21. The third-order valence-corrected chi connectivity index (χ3v) is 7.87. The lowest BCUT2D eigenvalue weighted by Crippen LogP contribution is -2.32. The van der Waals surface area contributed by atoms with Gasteiger partial charge in [-0.15, -0.1) is 0 Å². The van der Waals surface area contributed by atoms with E-state index in [-0.39, 0.29) is 12.1 Å². The Morgan fingerprint density at radius 2 is 1.86 bits per heavy atom. The summed E-state index contributed by atoms with van der Waals surface area (Å²) < 4.78 is 45.2. The number of aromatic nitrogens is 3. The van der Waals surface area contributed by atoms with Gasteiger partial charge in [0.1, 0.15) is 17.5 Å². The van der Waals surface area contributed by atoms with E-state index < -0.39 is 28.1 Å². The lowest BCUT2D eigenvalue weighted by atomic mass is 9.80. The standard InChI is InChI=1S/C29H32F3N5/c1-17-35-25(34-15-19-9-6-10-21(24(19)30)29(31,32)27(2,3)4)20-14-22(28(16-33)11-12-28)23(37-26(20)36-17)13-18-7-5-8-18/h6,9-10,14,18H,5,7-8,11-13,15H2,1-4H3,(H,34,35,36,37). The number of nitrogens with zero attached hydrogens (tertiary/aromatic N) is 4. The molecule has 194 valence electrons. The lowest BCUT2D eigenvalue weighted by Gasteiger charge is -2.31. The molecule has 5 nitrogen and oxygen atoms in total. The number of nitrogens with one attached hydrogen (secondary N) is 1. The van der Waals surface area contributed by atoms with Gasteiger partial charge in [0.25, 0.3) is 5.92 Å². The number of aryl methyl sites for hydroxylation is 1. The molecule has 1 N–H and O–H groups in total. The van der Waals surface area contributed by atoms with Crippen LogP contribution < -0.4 is 5.32 Å². The first-order valence-electron chi connectivity index (χ1n) is 12.9. The molecule has 0 spiro atoms. The summed E-state index contributed by atoms with van der Waals surface area (Å²) in [6, 6.07) is 8.55. The fraction of sp³-hybridized carbons (Fsp3) is 0.517. The van der Waals surface area contributed by atoms with Crippen LogP contribution in [0.15, 0.2) is 24.3 Å². The molecule has 0 saturated heterocycles.